The van der Waals surface area contributed by atoms with Crippen molar-refractivity contribution in [2.45, 2.75) is 13.5 Å². The van der Waals surface area contributed by atoms with Crippen LogP contribution in [0.2, 0.25) is 0 Å². The number of hydrogen-bond acceptors (Lipinski definition) is 6. The van der Waals surface area contributed by atoms with Gasteiger partial charge in [0.05, 0.1) is 25.6 Å². The molecule has 8 nitrogen and oxygen atoms in total. The molecule has 0 aliphatic rings. The van der Waals surface area contributed by atoms with E-state index in [1.165, 1.54) is 0 Å². The number of ether oxygens (including phenoxy) is 1. The van der Waals surface area contributed by atoms with E-state index >= 15 is 0 Å². The highest BCUT2D eigenvalue weighted by Crippen LogP contribution is 2.18. The summed E-state index contributed by atoms with van der Waals surface area (Å²) in [6.07, 6.45) is 4.94. The minimum Gasteiger partial charge on any atom is -0.504 e. The predicted octanol–water partition coefficient (Wildman–Crippen LogP) is 2.45. The number of anilines is 1. The van der Waals surface area contributed by atoms with Crippen LogP contribution in [0.15, 0.2) is 48.9 Å². The summed E-state index contributed by atoms with van der Waals surface area (Å²) in [5, 5.41) is 6.05. The average molecular weight is 440 g/mol. The van der Waals surface area contributed by atoms with Crippen molar-refractivity contribution in [1.29, 1.82) is 0 Å². The monoisotopic (exact) mass is 439 g/mol. The molecule has 0 bridgehead atoms. The van der Waals surface area contributed by atoms with Gasteiger partial charge in [-0.1, -0.05) is 18.2 Å². The van der Waals surface area contributed by atoms with Crippen molar-refractivity contribution in [2.24, 2.45) is 0 Å². The van der Waals surface area contributed by atoms with Crippen LogP contribution in [0.3, 0.4) is 0 Å². The highest BCUT2D eigenvalue weighted by molar-refractivity contribution is 6.05. The van der Waals surface area contributed by atoms with Crippen LogP contribution in [-0.2, 0) is 16.1 Å². The zero-order chi connectivity index (χ0) is 23.3. The number of benzene rings is 1. The number of pyridine rings is 1. The highest BCUT2D eigenvalue weighted by atomic mass is 16.5. The summed E-state index contributed by atoms with van der Waals surface area (Å²) < 4.78 is 4.97. The van der Waals surface area contributed by atoms with Crippen molar-refractivity contribution in [3.8, 4) is 0 Å². The number of carbonyl (C=O) groups is 2. The van der Waals surface area contributed by atoms with Crippen LogP contribution in [0.25, 0.3) is 6.08 Å². The van der Waals surface area contributed by atoms with E-state index in [0.717, 1.165) is 12.1 Å². The van der Waals surface area contributed by atoms with Crippen molar-refractivity contribution in [3.63, 3.8) is 0 Å². The summed E-state index contributed by atoms with van der Waals surface area (Å²) >= 11 is 0. The molecular weight excluding hydrogens is 406 g/mol. The predicted molar refractivity (Wildman–Crippen MR) is 127 cm³/mol. The number of methoxy groups -OCH3 is 1. The maximum atomic E-state index is 12.8. The number of para-hydroxylation sites is 1. The number of aromatic nitrogens is 1. The van der Waals surface area contributed by atoms with E-state index < -0.39 is 0 Å². The van der Waals surface area contributed by atoms with Crippen LogP contribution < -0.4 is 10.6 Å². The first-order valence-electron chi connectivity index (χ1n) is 10.6. The Balaban J connectivity index is 1.94. The summed E-state index contributed by atoms with van der Waals surface area (Å²) in [6, 6.07) is 10.9. The topological polar surface area (TPSA) is 86.8 Å². The molecule has 0 aliphatic carbocycles. The number of hydrogen-bond donors (Lipinski definition) is 2. The van der Waals surface area contributed by atoms with Crippen LogP contribution in [0.4, 0.5) is 5.69 Å². The van der Waals surface area contributed by atoms with Gasteiger partial charge in [0.1, 0.15) is 0 Å². The van der Waals surface area contributed by atoms with E-state index in [2.05, 4.69) is 20.5 Å². The fourth-order valence-corrected chi connectivity index (χ4v) is 3.00. The second-order valence-corrected chi connectivity index (χ2v) is 7.50. The van der Waals surface area contributed by atoms with Crippen molar-refractivity contribution in [2.75, 3.05) is 52.7 Å². The van der Waals surface area contributed by atoms with Gasteiger partial charge in [-0.05, 0) is 45.3 Å². The number of nitrogens with one attached hydrogen (secondary N) is 2. The third-order valence-corrected chi connectivity index (χ3v) is 4.81. The number of rotatable bonds is 12. The molecule has 2 aromatic rings. The summed E-state index contributed by atoms with van der Waals surface area (Å²) in [5.41, 5.74) is 2.71. The van der Waals surface area contributed by atoms with Crippen LogP contribution in [0.1, 0.15) is 28.5 Å². The highest BCUT2D eigenvalue weighted by Gasteiger charge is 2.12. The summed E-state index contributed by atoms with van der Waals surface area (Å²) in [4.78, 5) is 33.3. The molecule has 0 aliphatic heterocycles. The summed E-state index contributed by atoms with van der Waals surface area (Å²) in [5.74, 6) is -0.187. The minimum atomic E-state index is -0.233. The van der Waals surface area contributed by atoms with Crippen molar-refractivity contribution >= 4 is 23.6 Å². The second kappa shape index (κ2) is 13.2. The molecule has 1 aromatic carbocycles. The average Bonchev–Trinajstić information content (AvgIpc) is 2.79. The molecule has 2 amide bonds. The molecule has 32 heavy (non-hydrogen) atoms. The molecule has 1 aromatic heterocycles. The first-order valence-corrected chi connectivity index (χ1v) is 10.6. The zero-order valence-corrected chi connectivity index (χ0v) is 19.3. The van der Waals surface area contributed by atoms with Gasteiger partial charge >= 0.3 is 0 Å². The molecular formula is C24H33N5O3. The SMILES string of the molecule is CCN(CCN(C)C)C(=O)CNCc1cc(C(=O)Nc2ccccc2/C=C/OC)ccn1. The lowest BCUT2D eigenvalue weighted by molar-refractivity contribution is -0.130. The molecule has 172 valence electrons. The molecule has 0 saturated heterocycles. The van der Waals surface area contributed by atoms with Crippen LogP contribution in [-0.4, -0.2) is 74.0 Å². The lowest BCUT2D eigenvalue weighted by Gasteiger charge is -2.23. The van der Waals surface area contributed by atoms with Gasteiger partial charge in [0.25, 0.3) is 5.91 Å². The number of nitrogens with zero attached hydrogens (tertiary/aromatic N) is 3. The molecule has 2 N–H and O–H groups in total. The number of amides is 2. The Hall–Kier alpha value is -3.23. The van der Waals surface area contributed by atoms with Gasteiger partial charge in [0, 0.05) is 49.2 Å². The molecule has 0 saturated carbocycles. The van der Waals surface area contributed by atoms with E-state index in [-0.39, 0.29) is 18.4 Å². The first-order chi connectivity index (χ1) is 15.4. The maximum absolute atomic E-state index is 12.8. The minimum absolute atomic E-state index is 0.0453. The lowest BCUT2D eigenvalue weighted by atomic mass is 10.1. The third kappa shape index (κ3) is 8.13. The number of likely N-dealkylation sites (N-methyl/N-ethyl adjacent to an activating group) is 2. The molecule has 0 unspecified atom stereocenters. The van der Waals surface area contributed by atoms with E-state index in [0.29, 0.717) is 36.6 Å². The molecule has 2 rings (SSSR count). The number of carbonyl (C=O) groups excluding carboxylic acids is 2. The Kier molecular flexibility index (Phi) is 10.4. The van der Waals surface area contributed by atoms with Gasteiger partial charge in [-0.25, -0.2) is 0 Å². The molecule has 0 radical (unpaired) electrons. The Morgan fingerprint density at radius 3 is 2.66 bits per heavy atom. The van der Waals surface area contributed by atoms with Gasteiger partial charge in [-0.15, -0.1) is 0 Å². The fraction of sp³-hybridized carbons (Fsp3) is 0.375. The van der Waals surface area contributed by atoms with E-state index in [9.17, 15) is 9.59 Å². The van der Waals surface area contributed by atoms with Gasteiger partial charge in [-0.3, -0.25) is 14.6 Å². The summed E-state index contributed by atoms with van der Waals surface area (Å²) in [7, 11) is 5.54. The van der Waals surface area contributed by atoms with Crippen molar-refractivity contribution in [3.05, 3.63) is 65.7 Å². The van der Waals surface area contributed by atoms with Gasteiger partial charge < -0.3 is 25.2 Å². The van der Waals surface area contributed by atoms with E-state index in [4.69, 9.17) is 4.74 Å². The molecule has 1 heterocycles. The van der Waals surface area contributed by atoms with E-state index in [1.807, 2.05) is 50.2 Å². The zero-order valence-electron chi connectivity index (χ0n) is 19.3. The largest absolute Gasteiger partial charge is 0.504 e. The maximum Gasteiger partial charge on any atom is 0.255 e. The normalized spacial score (nSPS) is 11.0. The third-order valence-electron chi connectivity index (χ3n) is 4.81. The Bertz CT molecular complexity index is 914. The Morgan fingerprint density at radius 1 is 1.16 bits per heavy atom. The molecule has 0 fully saturated rings. The second-order valence-electron chi connectivity index (χ2n) is 7.50. The van der Waals surface area contributed by atoms with Crippen LogP contribution in [0, 0.1) is 0 Å². The van der Waals surface area contributed by atoms with Gasteiger partial charge in [0.15, 0.2) is 0 Å². The van der Waals surface area contributed by atoms with Crippen LogP contribution in [0.5, 0.6) is 0 Å². The van der Waals surface area contributed by atoms with Gasteiger partial charge in [0.2, 0.25) is 5.91 Å². The Labute approximate surface area is 190 Å². The van der Waals surface area contributed by atoms with Crippen LogP contribution >= 0.6 is 0 Å². The molecule has 0 spiro atoms. The lowest BCUT2D eigenvalue weighted by Crippen LogP contribution is -2.41. The summed E-state index contributed by atoms with van der Waals surface area (Å²) in [6.45, 7) is 4.77. The molecule has 0 atom stereocenters. The van der Waals surface area contributed by atoms with E-state index in [1.54, 1.807) is 37.8 Å². The quantitative estimate of drug-likeness (QED) is 0.494. The van der Waals surface area contributed by atoms with Gasteiger partial charge in [-0.2, -0.15) is 0 Å². The van der Waals surface area contributed by atoms with Crippen molar-refractivity contribution in [1.82, 2.24) is 20.1 Å². The fourth-order valence-electron chi connectivity index (χ4n) is 3.00. The molecule has 8 heteroatoms. The Morgan fingerprint density at radius 2 is 1.94 bits per heavy atom. The standard InChI is InChI=1S/C24H33N5O3/c1-5-29(14-13-28(2)3)23(30)18-25-17-21-16-20(10-12-26-21)24(31)27-22-9-7-6-8-19(22)11-15-32-4/h6-12,15-16,25H,5,13-14,17-18H2,1-4H3,(H,27,31)/b15-11+. The van der Waals surface area contributed by atoms with Crippen molar-refractivity contribution < 1.29 is 14.3 Å². The smallest absolute Gasteiger partial charge is 0.255 e. The first kappa shape index (κ1) is 25.0.